The Morgan fingerprint density at radius 1 is 1.25 bits per heavy atom. The molecule has 0 N–H and O–H groups in total. The van der Waals surface area contributed by atoms with E-state index >= 15 is 0 Å². The predicted molar refractivity (Wildman–Crippen MR) is 66.1 cm³/mol. The summed E-state index contributed by atoms with van der Waals surface area (Å²) < 4.78 is 17.0. The molecule has 0 saturated carbocycles. The van der Waals surface area contributed by atoms with Crippen LogP contribution in [0.4, 0.5) is 0 Å². The van der Waals surface area contributed by atoms with Crippen molar-refractivity contribution in [1.82, 2.24) is 0 Å². The maximum absolute atomic E-state index is 6.70. The van der Waals surface area contributed by atoms with Crippen LogP contribution in [0.15, 0.2) is 0 Å². The third kappa shape index (κ3) is 6.96. The summed E-state index contributed by atoms with van der Waals surface area (Å²) in [6.07, 6.45) is 1.84. The van der Waals surface area contributed by atoms with E-state index < -0.39 is 8.80 Å². The lowest BCUT2D eigenvalue weighted by Gasteiger charge is -2.28. The lowest BCUT2D eigenvalue weighted by atomic mass is 10.2. The Morgan fingerprint density at radius 3 is 2.25 bits per heavy atom. The monoisotopic (exact) mass is 245 g/mol. The highest BCUT2D eigenvalue weighted by molar-refractivity contribution is 6.59. The van der Waals surface area contributed by atoms with Gasteiger partial charge in [-0.15, -0.1) is 0 Å². The fourth-order valence-electron chi connectivity index (χ4n) is 1.52. The van der Waals surface area contributed by atoms with E-state index in [1.807, 2.05) is 27.3 Å². The standard InChI is InChI=1S/C11H23NO3Si/c1-6-13-16(5,14-7-2)15-11(3)9-8-10-12-4/h11H,6-10H2,1-3,5H3. The van der Waals surface area contributed by atoms with Gasteiger partial charge in [-0.05, 0) is 27.2 Å². The van der Waals surface area contributed by atoms with Crippen LogP contribution in [0.3, 0.4) is 0 Å². The topological polar surface area (TPSA) is 32.0 Å². The molecular formula is C11H23NO3Si. The molecule has 0 rings (SSSR count). The van der Waals surface area contributed by atoms with Gasteiger partial charge in [0.05, 0.1) is 0 Å². The number of nitrogens with zero attached hydrogens (tertiary/aromatic N) is 1. The van der Waals surface area contributed by atoms with Crippen molar-refractivity contribution >= 4 is 8.80 Å². The highest BCUT2D eigenvalue weighted by Gasteiger charge is 2.35. The van der Waals surface area contributed by atoms with E-state index in [0.29, 0.717) is 19.8 Å². The maximum Gasteiger partial charge on any atom is 0.497 e. The molecule has 0 aliphatic carbocycles. The van der Waals surface area contributed by atoms with Crippen molar-refractivity contribution in [2.45, 2.75) is 46.3 Å². The Morgan fingerprint density at radius 2 is 1.81 bits per heavy atom. The molecule has 0 radical (unpaired) electrons. The second-order valence-electron chi connectivity index (χ2n) is 3.68. The molecule has 0 aromatic carbocycles. The average Bonchev–Trinajstić information content (AvgIpc) is 2.18. The minimum absolute atomic E-state index is 0.0940. The average molecular weight is 245 g/mol. The maximum atomic E-state index is 6.70. The van der Waals surface area contributed by atoms with Crippen LogP contribution < -0.4 is 0 Å². The number of rotatable bonds is 9. The van der Waals surface area contributed by atoms with Gasteiger partial charge in [0.25, 0.3) is 0 Å². The first kappa shape index (κ1) is 15.6. The SMILES string of the molecule is [C-]#[N+]CCCC(C)O[Si](C)(OCC)OCC. The minimum atomic E-state index is -2.45. The molecule has 5 heteroatoms. The normalized spacial score (nSPS) is 13.4. The Bertz CT molecular complexity index is 212. The van der Waals surface area contributed by atoms with E-state index in [0.717, 1.165) is 12.8 Å². The van der Waals surface area contributed by atoms with Crippen LogP contribution in [0.1, 0.15) is 33.6 Å². The van der Waals surface area contributed by atoms with Gasteiger partial charge in [0.1, 0.15) is 0 Å². The summed E-state index contributed by atoms with van der Waals surface area (Å²) in [7, 11) is -2.45. The summed E-state index contributed by atoms with van der Waals surface area (Å²) in [4.78, 5) is 3.32. The van der Waals surface area contributed by atoms with E-state index in [9.17, 15) is 0 Å². The van der Waals surface area contributed by atoms with Crippen LogP contribution in [0.2, 0.25) is 6.55 Å². The van der Waals surface area contributed by atoms with Crippen LogP contribution in [0, 0.1) is 6.57 Å². The third-order valence-corrected chi connectivity index (χ3v) is 4.57. The van der Waals surface area contributed by atoms with Crippen molar-refractivity contribution in [3.63, 3.8) is 0 Å². The Kier molecular flexibility index (Phi) is 8.48. The van der Waals surface area contributed by atoms with Gasteiger partial charge in [-0.1, -0.05) is 0 Å². The van der Waals surface area contributed by atoms with Gasteiger partial charge in [-0.25, -0.2) is 6.57 Å². The minimum Gasteiger partial charge on any atom is -0.374 e. The van der Waals surface area contributed by atoms with Gasteiger partial charge in [0.15, 0.2) is 0 Å². The first-order chi connectivity index (χ1) is 7.58. The zero-order valence-corrected chi connectivity index (χ0v) is 11.8. The predicted octanol–water partition coefficient (Wildman–Crippen LogP) is 2.73. The van der Waals surface area contributed by atoms with Crippen molar-refractivity contribution < 1.29 is 13.3 Å². The van der Waals surface area contributed by atoms with Crippen molar-refractivity contribution in [2.75, 3.05) is 19.8 Å². The van der Waals surface area contributed by atoms with E-state index in [2.05, 4.69) is 4.85 Å². The molecule has 1 atom stereocenters. The van der Waals surface area contributed by atoms with Crippen LogP contribution in [0.25, 0.3) is 4.85 Å². The molecule has 0 fully saturated rings. The van der Waals surface area contributed by atoms with E-state index in [-0.39, 0.29) is 6.10 Å². The van der Waals surface area contributed by atoms with Crippen LogP contribution in [-0.4, -0.2) is 34.7 Å². The molecule has 4 nitrogen and oxygen atoms in total. The lowest BCUT2D eigenvalue weighted by molar-refractivity contribution is 0.0413. The third-order valence-electron chi connectivity index (χ3n) is 2.11. The van der Waals surface area contributed by atoms with Crippen molar-refractivity contribution in [1.29, 1.82) is 0 Å². The number of hydrogen-bond acceptors (Lipinski definition) is 3. The van der Waals surface area contributed by atoms with Gasteiger partial charge < -0.3 is 18.1 Å². The second-order valence-corrected chi connectivity index (χ2v) is 6.22. The molecule has 0 aliphatic heterocycles. The molecule has 0 heterocycles. The first-order valence-corrected chi connectivity index (χ1v) is 8.09. The van der Waals surface area contributed by atoms with Crippen LogP contribution >= 0.6 is 0 Å². The first-order valence-electron chi connectivity index (χ1n) is 5.87. The summed E-state index contributed by atoms with van der Waals surface area (Å²) in [5, 5.41) is 0. The second kappa shape index (κ2) is 8.71. The fourth-order valence-corrected chi connectivity index (χ4v) is 3.63. The fraction of sp³-hybridized carbons (Fsp3) is 0.909. The Balaban J connectivity index is 4.02. The molecule has 1 unspecified atom stereocenters. The van der Waals surface area contributed by atoms with Gasteiger partial charge in [-0.3, -0.25) is 0 Å². The quantitative estimate of drug-likeness (QED) is 0.356. The van der Waals surface area contributed by atoms with Crippen LogP contribution in [-0.2, 0) is 13.3 Å². The molecule has 0 spiro atoms. The van der Waals surface area contributed by atoms with E-state index in [4.69, 9.17) is 19.9 Å². The van der Waals surface area contributed by atoms with E-state index in [1.165, 1.54) is 0 Å². The largest absolute Gasteiger partial charge is 0.497 e. The molecule has 0 bridgehead atoms. The lowest BCUT2D eigenvalue weighted by Crippen LogP contribution is -2.45. The number of hydrogen-bond donors (Lipinski definition) is 0. The summed E-state index contributed by atoms with van der Waals surface area (Å²) in [6, 6.07) is 0. The highest BCUT2D eigenvalue weighted by Crippen LogP contribution is 2.14. The van der Waals surface area contributed by atoms with Gasteiger partial charge in [0.2, 0.25) is 6.54 Å². The Hall–Kier alpha value is -0.413. The summed E-state index contributed by atoms with van der Waals surface area (Å²) in [6.45, 7) is 16.3. The van der Waals surface area contributed by atoms with E-state index in [1.54, 1.807) is 0 Å². The van der Waals surface area contributed by atoms with Crippen molar-refractivity contribution in [3.8, 4) is 0 Å². The van der Waals surface area contributed by atoms with Gasteiger partial charge in [0, 0.05) is 32.3 Å². The highest BCUT2D eigenvalue weighted by atomic mass is 28.4. The molecule has 0 aromatic rings. The summed E-state index contributed by atoms with van der Waals surface area (Å²) in [5.74, 6) is 0. The molecule has 16 heavy (non-hydrogen) atoms. The van der Waals surface area contributed by atoms with Gasteiger partial charge in [-0.2, -0.15) is 0 Å². The molecule has 0 aliphatic rings. The summed E-state index contributed by atoms with van der Waals surface area (Å²) in [5.41, 5.74) is 0. The van der Waals surface area contributed by atoms with Crippen molar-refractivity contribution in [3.05, 3.63) is 11.4 Å². The summed E-state index contributed by atoms with van der Waals surface area (Å²) >= 11 is 0. The zero-order valence-electron chi connectivity index (χ0n) is 10.8. The van der Waals surface area contributed by atoms with Gasteiger partial charge >= 0.3 is 8.80 Å². The molecular weight excluding hydrogens is 222 g/mol. The van der Waals surface area contributed by atoms with Crippen LogP contribution in [0.5, 0.6) is 0 Å². The molecule has 0 saturated heterocycles. The smallest absolute Gasteiger partial charge is 0.374 e. The van der Waals surface area contributed by atoms with Crippen molar-refractivity contribution in [2.24, 2.45) is 0 Å². The molecule has 0 amide bonds. The Labute approximate surface area is 100 Å². The molecule has 0 aromatic heterocycles. The zero-order chi connectivity index (χ0) is 12.4. The molecule has 94 valence electrons.